The molecule has 0 saturated heterocycles. The number of fused-ring (bicyclic) bond motifs is 1. The second-order valence-electron chi connectivity index (χ2n) is 4.52. The standard InChI is InChI=1S/C14H17N3O/c1-2-4-11(5-3-1)8-18-9-13-14-12(6-7-15-13)16-10-17-14/h1-5,10,13,15H,6-9H2,(H,16,17)/t13-/m1/s1. The zero-order valence-electron chi connectivity index (χ0n) is 10.2. The van der Waals surface area contributed by atoms with Crippen LogP contribution in [0, 0.1) is 0 Å². The predicted octanol–water partition coefficient (Wildman–Crippen LogP) is 1.81. The van der Waals surface area contributed by atoms with Gasteiger partial charge in [-0.25, -0.2) is 4.98 Å². The molecule has 0 radical (unpaired) electrons. The fraction of sp³-hybridized carbons (Fsp3) is 0.357. The van der Waals surface area contributed by atoms with Gasteiger partial charge in [0.15, 0.2) is 0 Å². The number of rotatable bonds is 4. The average Bonchev–Trinajstić information content (AvgIpc) is 2.89. The largest absolute Gasteiger partial charge is 0.375 e. The van der Waals surface area contributed by atoms with Gasteiger partial charge >= 0.3 is 0 Å². The van der Waals surface area contributed by atoms with Crippen LogP contribution in [0.15, 0.2) is 36.7 Å². The molecule has 0 unspecified atom stereocenters. The average molecular weight is 243 g/mol. The molecule has 0 saturated carbocycles. The predicted molar refractivity (Wildman–Crippen MR) is 69.1 cm³/mol. The number of ether oxygens (including phenoxy) is 1. The minimum absolute atomic E-state index is 0.212. The maximum atomic E-state index is 5.77. The molecule has 0 fully saturated rings. The zero-order valence-corrected chi connectivity index (χ0v) is 10.2. The van der Waals surface area contributed by atoms with Crippen LogP contribution >= 0.6 is 0 Å². The highest BCUT2D eigenvalue weighted by molar-refractivity contribution is 5.19. The number of aromatic amines is 1. The minimum Gasteiger partial charge on any atom is -0.375 e. The van der Waals surface area contributed by atoms with Crippen LogP contribution in [0.4, 0.5) is 0 Å². The van der Waals surface area contributed by atoms with Crippen LogP contribution in [-0.2, 0) is 17.8 Å². The van der Waals surface area contributed by atoms with Crippen LogP contribution in [0.3, 0.4) is 0 Å². The summed E-state index contributed by atoms with van der Waals surface area (Å²) in [5.74, 6) is 0. The highest BCUT2D eigenvalue weighted by atomic mass is 16.5. The minimum atomic E-state index is 0.212. The summed E-state index contributed by atoms with van der Waals surface area (Å²) in [5, 5.41) is 3.44. The summed E-state index contributed by atoms with van der Waals surface area (Å²) in [6, 6.07) is 10.4. The molecule has 1 aromatic carbocycles. The van der Waals surface area contributed by atoms with Gasteiger partial charge in [0.2, 0.25) is 0 Å². The lowest BCUT2D eigenvalue weighted by Gasteiger charge is -2.22. The van der Waals surface area contributed by atoms with E-state index in [4.69, 9.17) is 4.74 Å². The Morgan fingerprint density at radius 3 is 3.06 bits per heavy atom. The van der Waals surface area contributed by atoms with Gasteiger partial charge in [0.1, 0.15) is 0 Å². The second kappa shape index (κ2) is 5.33. The topological polar surface area (TPSA) is 49.9 Å². The van der Waals surface area contributed by atoms with Gasteiger partial charge in [-0.3, -0.25) is 0 Å². The molecule has 2 heterocycles. The van der Waals surface area contributed by atoms with Crippen molar-refractivity contribution >= 4 is 0 Å². The van der Waals surface area contributed by atoms with E-state index >= 15 is 0 Å². The number of hydrogen-bond acceptors (Lipinski definition) is 3. The van der Waals surface area contributed by atoms with Gasteiger partial charge in [-0.15, -0.1) is 0 Å². The normalized spacial score (nSPS) is 18.6. The molecule has 2 N–H and O–H groups in total. The lowest BCUT2D eigenvalue weighted by Crippen LogP contribution is -2.32. The van der Waals surface area contributed by atoms with Crippen LogP contribution in [0.2, 0.25) is 0 Å². The first kappa shape index (κ1) is 11.4. The fourth-order valence-electron chi connectivity index (χ4n) is 2.31. The molecule has 1 aliphatic heterocycles. The van der Waals surface area contributed by atoms with E-state index in [1.165, 1.54) is 11.3 Å². The number of H-pyrrole nitrogens is 1. The van der Waals surface area contributed by atoms with Gasteiger partial charge in [-0.05, 0) is 5.56 Å². The summed E-state index contributed by atoms with van der Waals surface area (Å²) < 4.78 is 5.77. The number of benzene rings is 1. The van der Waals surface area contributed by atoms with Crippen molar-refractivity contribution in [1.82, 2.24) is 15.3 Å². The van der Waals surface area contributed by atoms with E-state index in [0.29, 0.717) is 13.2 Å². The molecule has 0 amide bonds. The Labute approximate surface area is 106 Å². The molecule has 1 atom stereocenters. The van der Waals surface area contributed by atoms with E-state index in [-0.39, 0.29) is 6.04 Å². The molecule has 0 spiro atoms. The lowest BCUT2D eigenvalue weighted by atomic mass is 10.1. The van der Waals surface area contributed by atoms with Crippen molar-refractivity contribution in [3.05, 3.63) is 53.6 Å². The van der Waals surface area contributed by atoms with Gasteiger partial charge in [-0.2, -0.15) is 0 Å². The summed E-state index contributed by atoms with van der Waals surface area (Å²) in [5.41, 5.74) is 3.55. The van der Waals surface area contributed by atoms with Crippen molar-refractivity contribution in [2.75, 3.05) is 13.2 Å². The van der Waals surface area contributed by atoms with E-state index in [1.807, 2.05) is 18.2 Å². The van der Waals surface area contributed by atoms with E-state index in [1.54, 1.807) is 6.33 Å². The van der Waals surface area contributed by atoms with Gasteiger partial charge < -0.3 is 15.0 Å². The molecule has 1 aromatic heterocycles. The Balaban J connectivity index is 1.56. The third kappa shape index (κ3) is 2.44. The van der Waals surface area contributed by atoms with Crippen LogP contribution in [0.5, 0.6) is 0 Å². The quantitative estimate of drug-likeness (QED) is 0.861. The van der Waals surface area contributed by atoms with Crippen LogP contribution in [0.25, 0.3) is 0 Å². The third-order valence-electron chi connectivity index (χ3n) is 3.24. The summed E-state index contributed by atoms with van der Waals surface area (Å²) in [6.45, 7) is 2.29. The molecule has 94 valence electrons. The van der Waals surface area contributed by atoms with Crippen molar-refractivity contribution < 1.29 is 4.74 Å². The van der Waals surface area contributed by atoms with Crippen molar-refractivity contribution in [2.45, 2.75) is 19.1 Å². The molecule has 0 aliphatic carbocycles. The van der Waals surface area contributed by atoms with Crippen molar-refractivity contribution in [3.63, 3.8) is 0 Å². The maximum absolute atomic E-state index is 5.77. The number of hydrogen-bond donors (Lipinski definition) is 2. The number of nitrogens with one attached hydrogen (secondary N) is 2. The molecule has 0 bridgehead atoms. The zero-order chi connectivity index (χ0) is 12.2. The first-order chi connectivity index (χ1) is 8.93. The highest BCUT2D eigenvalue weighted by Crippen LogP contribution is 2.19. The molecular weight excluding hydrogens is 226 g/mol. The van der Waals surface area contributed by atoms with Crippen LogP contribution in [-0.4, -0.2) is 23.1 Å². The summed E-state index contributed by atoms with van der Waals surface area (Å²) in [6.07, 6.45) is 2.78. The summed E-state index contributed by atoms with van der Waals surface area (Å²) in [7, 11) is 0. The van der Waals surface area contributed by atoms with Gasteiger partial charge in [0, 0.05) is 18.7 Å². The molecule has 4 heteroatoms. The Morgan fingerprint density at radius 1 is 1.28 bits per heavy atom. The van der Waals surface area contributed by atoms with Crippen molar-refractivity contribution in [1.29, 1.82) is 0 Å². The third-order valence-corrected chi connectivity index (χ3v) is 3.24. The number of nitrogens with zero attached hydrogens (tertiary/aromatic N) is 1. The molecule has 3 rings (SSSR count). The number of aromatic nitrogens is 2. The fourth-order valence-corrected chi connectivity index (χ4v) is 2.31. The van der Waals surface area contributed by atoms with Crippen LogP contribution < -0.4 is 5.32 Å². The molecular formula is C14H17N3O. The second-order valence-corrected chi connectivity index (χ2v) is 4.52. The van der Waals surface area contributed by atoms with E-state index in [9.17, 15) is 0 Å². The Bertz CT molecular complexity index is 495. The van der Waals surface area contributed by atoms with E-state index in [2.05, 4.69) is 27.4 Å². The molecule has 4 nitrogen and oxygen atoms in total. The highest BCUT2D eigenvalue weighted by Gasteiger charge is 2.21. The molecule has 2 aromatic rings. The molecule has 18 heavy (non-hydrogen) atoms. The Morgan fingerprint density at radius 2 is 2.17 bits per heavy atom. The van der Waals surface area contributed by atoms with Gasteiger partial charge in [-0.1, -0.05) is 30.3 Å². The van der Waals surface area contributed by atoms with E-state index < -0.39 is 0 Å². The summed E-state index contributed by atoms with van der Waals surface area (Å²) in [4.78, 5) is 7.55. The first-order valence-corrected chi connectivity index (χ1v) is 6.30. The van der Waals surface area contributed by atoms with Gasteiger partial charge in [0.25, 0.3) is 0 Å². The van der Waals surface area contributed by atoms with Gasteiger partial charge in [0.05, 0.1) is 31.3 Å². The SMILES string of the molecule is c1ccc(COC[C@H]2NCCc3[nH]cnc32)cc1. The van der Waals surface area contributed by atoms with Crippen molar-refractivity contribution in [3.8, 4) is 0 Å². The Kier molecular flexibility index (Phi) is 3.39. The first-order valence-electron chi connectivity index (χ1n) is 6.30. The summed E-state index contributed by atoms with van der Waals surface area (Å²) >= 11 is 0. The maximum Gasteiger partial charge on any atom is 0.0925 e. The Hall–Kier alpha value is -1.65. The lowest BCUT2D eigenvalue weighted by molar-refractivity contribution is 0.0959. The number of imidazole rings is 1. The van der Waals surface area contributed by atoms with E-state index in [0.717, 1.165) is 18.7 Å². The monoisotopic (exact) mass is 243 g/mol. The van der Waals surface area contributed by atoms with Crippen molar-refractivity contribution in [2.24, 2.45) is 0 Å². The van der Waals surface area contributed by atoms with Crippen LogP contribution in [0.1, 0.15) is 23.0 Å². The molecule has 1 aliphatic rings. The smallest absolute Gasteiger partial charge is 0.0925 e.